The van der Waals surface area contributed by atoms with Gasteiger partial charge in [-0.15, -0.1) is 0 Å². The normalized spacial score (nSPS) is 38.6. The maximum Gasteiger partial charge on any atom is 0.0648 e. The van der Waals surface area contributed by atoms with Crippen LogP contribution < -0.4 is 0 Å². The lowest BCUT2D eigenvalue weighted by Gasteiger charge is -2.39. The predicted molar refractivity (Wildman–Crippen MR) is 55.4 cm³/mol. The summed E-state index contributed by atoms with van der Waals surface area (Å²) < 4.78 is 16.4. The van der Waals surface area contributed by atoms with E-state index in [9.17, 15) is 0 Å². The summed E-state index contributed by atoms with van der Waals surface area (Å²) in [6.07, 6.45) is 3.93. The van der Waals surface area contributed by atoms with E-state index in [-0.39, 0.29) is 18.3 Å². The topological polar surface area (TPSA) is 27.7 Å². The number of rotatable bonds is 4. The third kappa shape index (κ3) is 2.47. The van der Waals surface area contributed by atoms with Crippen molar-refractivity contribution in [1.82, 2.24) is 0 Å². The first-order chi connectivity index (χ1) is 6.76. The van der Waals surface area contributed by atoms with Gasteiger partial charge in [-0.2, -0.15) is 0 Å². The molecule has 0 amide bonds. The molecule has 0 radical (unpaired) electrons. The first kappa shape index (κ1) is 12.0. The first-order valence-electron chi connectivity index (χ1n) is 5.35. The Morgan fingerprint density at radius 2 is 1.43 bits per heavy atom. The van der Waals surface area contributed by atoms with Crippen LogP contribution in [0.15, 0.2) is 0 Å². The van der Waals surface area contributed by atoms with E-state index in [1.54, 1.807) is 21.3 Å². The van der Waals surface area contributed by atoms with Gasteiger partial charge in [0, 0.05) is 40.1 Å². The van der Waals surface area contributed by atoms with E-state index < -0.39 is 0 Å². The minimum atomic E-state index is 0.281. The molecule has 14 heavy (non-hydrogen) atoms. The molecule has 0 aromatic rings. The molecule has 0 spiro atoms. The molecule has 1 aliphatic carbocycles. The summed E-state index contributed by atoms with van der Waals surface area (Å²) in [5.41, 5.74) is 0. The van der Waals surface area contributed by atoms with Crippen molar-refractivity contribution in [3.05, 3.63) is 0 Å². The van der Waals surface area contributed by atoms with Crippen molar-refractivity contribution in [3.8, 4) is 0 Å². The minimum absolute atomic E-state index is 0.281. The van der Waals surface area contributed by atoms with E-state index in [1.165, 1.54) is 0 Å². The Morgan fingerprint density at radius 3 is 1.71 bits per heavy atom. The molecule has 0 saturated heterocycles. The highest BCUT2D eigenvalue weighted by atomic mass is 16.5. The average Bonchev–Trinajstić information content (AvgIpc) is 2.26. The van der Waals surface area contributed by atoms with Crippen molar-refractivity contribution < 1.29 is 14.2 Å². The molecule has 0 aliphatic heterocycles. The Bertz CT molecular complexity index is 147. The molecule has 1 rings (SSSR count). The van der Waals surface area contributed by atoms with Crippen LogP contribution in [0.4, 0.5) is 0 Å². The van der Waals surface area contributed by atoms with Crippen molar-refractivity contribution >= 4 is 0 Å². The maximum atomic E-state index is 5.50. The second kappa shape index (κ2) is 5.69. The number of hydrogen-bond acceptors (Lipinski definition) is 3. The van der Waals surface area contributed by atoms with Crippen molar-refractivity contribution in [2.24, 2.45) is 5.92 Å². The van der Waals surface area contributed by atoms with E-state index in [0.717, 1.165) is 19.3 Å². The fraction of sp³-hybridized carbons (Fsp3) is 1.00. The molecule has 0 N–H and O–H groups in total. The molecule has 0 bridgehead atoms. The Morgan fingerprint density at radius 1 is 0.929 bits per heavy atom. The summed E-state index contributed by atoms with van der Waals surface area (Å²) >= 11 is 0. The van der Waals surface area contributed by atoms with Crippen LogP contribution >= 0.6 is 0 Å². The summed E-state index contributed by atoms with van der Waals surface area (Å²) in [6.45, 7) is 2.19. The van der Waals surface area contributed by atoms with Crippen molar-refractivity contribution in [2.45, 2.75) is 44.5 Å². The zero-order valence-corrected chi connectivity index (χ0v) is 9.66. The smallest absolute Gasteiger partial charge is 0.0648 e. The van der Waals surface area contributed by atoms with Crippen LogP contribution in [0.3, 0.4) is 0 Å². The number of ether oxygens (including phenoxy) is 3. The van der Waals surface area contributed by atoms with Crippen molar-refractivity contribution in [3.63, 3.8) is 0 Å². The highest BCUT2D eigenvalue weighted by molar-refractivity contribution is 4.87. The lowest BCUT2D eigenvalue weighted by molar-refractivity contribution is -0.110. The van der Waals surface area contributed by atoms with E-state index in [0.29, 0.717) is 5.92 Å². The van der Waals surface area contributed by atoms with E-state index in [1.807, 2.05) is 0 Å². The Balaban J connectivity index is 2.63. The van der Waals surface area contributed by atoms with Gasteiger partial charge in [-0.1, -0.05) is 6.92 Å². The molecule has 84 valence electrons. The third-order valence-electron chi connectivity index (χ3n) is 3.36. The van der Waals surface area contributed by atoms with Crippen LogP contribution in [0.1, 0.15) is 26.2 Å². The average molecular weight is 202 g/mol. The molecular formula is C11H22O3. The highest BCUT2D eigenvalue weighted by Gasteiger charge is 2.37. The van der Waals surface area contributed by atoms with Crippen LogP contribution in [0.2, 0.25) is 0 Å². The fourth-order valence-corrected chi connectivity index (χ4v) is 2.46. The third-order valence-corrected chi connectivity index (χ3v) is 3.36. The maximum absolute atomic E-state index is 5.50. The SMILES string of the molecule is CCC1C(OC)CC(OC)CC1OC. The van der Waals surface area contributed by atoms with Crippen LogP contribution in [0.5, 0.6) is 0 Å². The Hall–Kier alpha value is -0.120. The van der Waals surface area contributed by atoms with E-state index >= 15 is 0 Å². The molecule has 3 heteroatoms. The van der Waals surface area contributed by atoms with Gasteiger partial charge in [0.15, 0.2) is 0 Å². The van der Waals surface area contributed by atoms with E-state index in [4.69, 9.17) is 14.2 Å². The largest absolute Gasteiger partial charge is 0.381 e. The van der Waals surface area contributed by atoms with Gasteiger partial charge in [0.25, 0.3) is 0 Å². The van der Waals surface area contributed by atoms with Crippen LogP contribution in [-0.4, -0.2) is 39.6 Å². The molecule has 3 nitrogen and oxygen atoms in total. The van der Waals surface area contributed by atoms with Gasteiger partial charge < -0.3 is 14.2 Å². The Kier molecular flexibility index (Phi) is 4.85. The van der Waals surface area contributed by atoms with Crippen LogP contribution in [-0.2, 0) is 14.2 Å². The zero-order chi connectivity index (χ0) is 10.6. The summed E-state index contributed by atoms with van der Waals surface area (Å²) in [6, 6.07) is 0. The van der Waals surface area contributed by atoms with Gasteiger partial charge in [-0.25, -0.2) is 0 Å². The van der Waals surface area contributed by atoms with Gasteiger partial charge in [-0.3, -0.25) is 0 Å². The van der Waals surface area contributed by atoms with Gasteiger partial charge in [0.05, 0.1) is 18.3 Å². The Labute approximate surface area is 86.7 Å². The lowest BCUT2D eigenvalue weighted by Crippen LogP contribution is -2.44. The first-order valence-corrected chi connectivity index (χ1v) is 5.35. The monoisotopic (exact) mass is 202 g/mol. The second-order valence-electron chi connectivity index (χ2n) is 3.95. The zero-order valence-electron chi connectivity index (χ0n) is 9.66. The van der Waals surface area contributed by atoms with Crippen LogP contribution in [0, 0.1) is 5.92 Å². The van der Waals surface area contributed by atoms with Gasteiger partial charge in [0.1, 0.15) is 0 Å². The quantitative estimate of drug-likeness (QED) is 0.696. The standard InChI is InChI=1S/C11H22O3/c1-5-9-10(13-3)6-8(12-2)7-11(9)14-4/h8-11H,5-7H2,1-4H3. The molecule has 1 saturated carbocycles. The minimum Gasteiger partial charge on any atom is -0.381 e. The van der Waals surface area contributed by atoms with Gasteiger partial charge in [0.2, 0.25) is 0 Å². The predicted octanol–water partition coefficient (Wildman–Crippen LogP) is 1.85. The number of hydrogen-bond donors (Lipinski definition) is 0. The van der Waals surface area contributed by atoms with Gasteiger partial charge in [-0.05, 0) is 6.42 Å². The van der Waals surface area contributed by atoms with Gasteiger partial charge >= 0.3 is 0 Å². The molecule has 2 unspecified atom stereocenters. The summed E-state index contributed by atoms with van der Waals surface area (Å²) in [5.74, 6) is 0.511. The molecule has 0 aromatic carbocycles. The molecule has 2 atom stereocenters. The number of methoxy groups -OCH3 is 3. The molecule has 0 aromatic heterocycles. The van der Waals surface area contributed by atoms with Crippen molar-refractivity contribution in [2.75, 3.05) is 21.3 Å². The second-order valence-corrected chi connectivity index (χ2v) is 3.95. The fourth-order valence-electron chi connectivity index (χ4n) is 2.46. The summed E-state index contributed by atoms with van der Waals surface area (Å²) in [4.78, 5) is 0. The molecule has 1 fully saturated rings. The molecule has 1 aliphatic rings. The highest BCUT2D eigenvalue weighted by Crippen LogP contribution is 2.32. The summed E-state index contributed by atoms with van der Waals surface area (Å²) in [5, 5.41) is 0. The van der Waals surface area contributed by atoms with Crippen molar-refractivity contribution in [1.29, 1.82) is 0 Å². The van der Waals surface area contributed by atoms with Crippen LogP contribution in [0.25, 0.3) is 0 Å². The molecule has 0 heterocycles. The molecular weight excluding hydrogens is 180 g/mol. The van der Waals surface area contributed by atoms with E-state index in [2.05, 4.69) is 6.92 Å². The lowest BCUT2D eigenvalue weighted by atomic mass is 9.80. The summed E-state index contributed by atoms with van der Waals surface area (Å²) in [7, 11) is 5.31.